The van der Waals surface area contributed by atoms with Crippen molar-refractivity contribution in [2.24, 2.45) is 0 Å². The van der Waals surface area contributed by atoms with Gasteiger partial charge in [0.2, 0.25) is 0 Å². The van der Waals surface area contributed by atoms with Gasteiger partial charge >= 0.3 is 0 Å². The van der Waals surface area contributed by atoms with Crippen molar-refractivity contribution in [1.82, 2.24) is 0 Å². The zero-order valence-electron chi connectivity index (χ0n) is 13.9. The average Bonchev–Trinajstić information content (AvgIpc) is 2.55. The van der Waals surface area contributed by atoms with Crippen LogP contribution in [0.1, 0.15) is 21.5 Å². The van der Waals surface area contributed by atoms with E-state index in [0.717, 1.165) is 5.56 Å². The lowest BCUT2D eigenvalue weighted by molar-refractivity contribution is -0.385. The summed E-state index contributed by atoms with van der Waals surface area (Å²) in [4.78, 5) is 23.0. The van der Waals surface area contributed by atoms with Crippen LogP contribution >= 0.6 is 0 Å². The van der Waals surface area contributed by atoms with E-state index in [4.69, 9.17) is 9.47 Å². The molecule has 0 saturated heterocycles. The van der Waals surface area contributed by atoms with E-state index in [1.807, 2.05) is 6.92 Å². The van der Waals surface area contributed by atoms with Crippen LogP contribution in [-0.4, -0.2) is 25.1 Å². The fourth-order valence-electron chi connectivity index (χ4n) is 2.37. The SMILES string of the molecule is COc1cc(C)c(NC(=O)c2cccc([N+](=O)[O-])c2C)cc1OC. The zero-order chi connectivity index (χ0) is 17.9. The number of nitro groups is 1. The molecule has 7 heteroatoms. The fourth-order valence-corrected chi connectivity index (χ4v) is 2.37. The standard InChI is InChI=1S/C17H18N2O5/c1-10-8-15(23-3)16(24-4)9-13(10)18-17(20)12-6-5-7-14(11(12)2)19(21)22/h5-9H,1-4H3,(H,18,20). The van der Waals surface area contributed by atoms with E-state index in [1.54, 1.807) is 25.1 Å². The Balaban J connectivity index is 2.37. The zero-order valence-corrected chi connectivity index (χ0v) is 13.9. The Bertz CT molecular complexity index is 802. The summed E-state index contributed by atoms with van der Waals surface area (Å²) >= 11 is 0. The molecule has 0 aliphatic heterocycles. The molecule has 0 unspecified atom stereocenters. The lowest BCUT2D eigenvalue weighted by Crippen LogP contribution is -2.15. The molecule has 0 heterocycles. The number of nitro benzene ring substituents is 1. The lowest BCUT2D eigenvalue weighted by atomic mass is 10.1. The summed E-state index contributed by atoms with van der Waals surface area (Å²) in [5.41, 5.74) is 1.80. The Kier molecular flexibility index (Phi) is 5.03. The topological polar surface area (TPSA) is 90.7 Å². The first-order valence-electron chi connectivity index (χ1n) is 7.17. The Morgan fingerprint density at radius 2 is 1.75 bits per heavy atom. The lowest BCUT2D eigenvalue weighted by Gasteiger charge is -2.14. The summed E-state index contributed by atoms with van der Waals surface area (Å²) in [6.07, 6.45) is 0. The minimum atomic E-state index is -0.506. The Hall–Kier alpha value is -3.09. The Morgan fingerprint density at radius 3 is 2.33 bits per heavy atom. The molecular weight excluding hydrogens is 312 g/mol. The van der Waals surface area contributed by atoms with Crippen molar-refractivity contribution in [3.8, 4) is 11.5 Å². The number of ether oxygens (including phenoxy) is 2. The molecule has 0 atom stereocenters. The Morgan fingerprint density at radius 1 is 1.12 bits per heavy atom. The largest absolute Gasteiger partial charge is 0.493 e. The predicted molar refractivity (Wildman–Crippen MR) is 90.1 cm³/mol. The van der Waals surface area contributed by atoms with E-state index in [1.165, 1.54) is 26.4 Å². The van der Waals surface area contributed by atoms with E-state index >= 15 is 0 Å². The summed E-state index contributed by atoms with van der Waals surface area (Å²) in [5, 5.41) is 13.8. The van der Waals surface area contributed by atoms with Crippen molar-refractivity contribution in [3.63, 3.8) is 0 Å². The number of carbonyl (C=O) groups is 1. The highest BCUT2D eigenvalue weighted by molar-refractivity contribution is 6.06. The minimum Gasteiger partial charge on any atom is -0.493 e. The number of nitrogens with one attached hydrogen (secondary N) is 1. The third kappa shape index (κ3) is 3.29. The van der Waals surface area contributed by atoms with Gasteiger partial charge in [-0.15, -0.1) is 0 Å². The van der Waals surface area contributed by atoms with Crippen LogP contribution in [0.25, 0.3) is 0 Å². The molecule has 1 N–H and O–H groups in total. The highest BCUT2D eigenvalue weighted by Gasteiger charge is 2.19. The first-order valence-corrected chi connectivity index (χ1v) is 7.17. The van der Waals surface area contributed by atoms with Gasteiger partial charge in [0.15, 0.2) is 11.5 Å². The van der Waals surface area contributed by atoms with Gasteiger partial charge in [-0.2, -0.15) is 0 Å². The van der Waals surface area contributed by atoms with E-state index in [0.29, 0.717) is 22.7 Å². The molecule has 0 aliphatic carbocycles. The van der Waals surface area contributed by atoms with Crippen molar-refractivity contribution in [3.05, 3.63) is 57.1 Å². The molecule has 0 fully saturated rings. The van der Waals surface area contributed by atoms with Crippen molar-refractivity contribution >= 4 is 17.3 Å². The molecule has 0 radical (unpaired) electrons. The van der Waals surface area contributed by atoms with Crippen LogP contribution in [0.4, 0.5) is 11.4 Å². The summed E-state index contributed by atoms with van der Waals surface area (Å²) in [6, 6.07) is 7.80. The van der Waals surface area contributed by atoms with Gasteiger partial charge < -0.3 is 14.8 Å². The van der Waals surface area contributed by atoms with Crippen molar-refractivity contribution in [2.75, 3.05) is 19.5 Å². The van der Waals surface area contributed by atoms with Crippen molar-refractivity contribution < 1.29 is 19.2 Å². The highest BCUT2D eigenvalue weighted by Crippen LogP contribution is 2.33. The maximum atomic E-state index is 12.5. The molecule has 0 saturated carbocycles. The van der Waals surface area contributed by atoms with Gasteiger partial charge in [-0.25, -0.2) is 0 Å². The number of hydrogen-bond acceptors (Lipinski definition) is 5. The van der Waals surface area contributed by atoms with E-state index < -0.39 is 10.8 Å². The third-order valence-corrected chi connectivity index (χ3v) is 3.73. The number of aryl methyl sites for hydroxylation is 1. The average molecular weight is 330 g/mol. The van der Waals surface area contributed by atoms with Crippen LogP contribution in [-0.2, 0) is 0 Å². The molecule has 2 rings (SSSR count). The number of hydrogen-bond donors (Lipinski definition) is 1. The number of anilines is 1. The molecule has 0 aliphatic rings. The molecular formula is C17H18N2O5. The number of nitrogens with zero attached hydrogens (tertiary/aromatic N) is 1. The monoisotopic (exact) mass is 330 g/mol. The summed E-state index contributed by atoms with van der Waals surface area (Å²) in [6.45, 7) is 3.37. The van der Waals surface area contributed by atoms with E-state index in [9.17, 15) is 14.9 Å². The molecule has 7 nitrogen and oxygen atoms in total. The van der Waals surface area contributed by atoms with Gasteiger partial charge in [0.1, 0.15) is 0 Å². The smallest absolute Gasteiger partial charge is 0.273 e. The molecule has 2 aromatic rings. The number of amides is 1. The maximum Gasteiger partial charge on any atom is 0.273 e. The molecule has 24 heavy (non-hydrogen) atoms. The van der Waals surface area contributed by atoms with E-state index in [-0.39, 0.29) is 11.3 Å². The second-order valence-electron chi connectivity index (χ2n) is 5.18. The van der Waals surface area contributed by atoms with Gasteiger partial charge in [0, 0.05) is 28.9 Å². The minimum absolute atomic E-state index is 0.0910. The van der Waals surface area contributed by atoms with Crippen LogP contribution in [0, 0.1) is 24.0 Å². The predicted octanol–water partition coefficient (Wildman–Crippen LogP) is 3.48. The second-order valence-corrected chi connectivity index (χ2v) is 5.18. The van der Waals surface area contributed by atoms with Crippen LogP contribution in [0.2, 0.25) is 0 Å². The number of benzene rings is 2. The van der Waals surface area contributed by atoms with Crippen molar-refractivity contribution in [1.29, 1.82) is 0 Å². The highest BCUT2D eigenvalue weighted by atomic mass is 16.6. The number of carbonyl (C=O) groups excluding carboxylic acids is 1. The first-order chi connectivity index (χ1) is 11.4. The first kappa shape index (κ1) is 17.3. The van der Waals surface area contributed by atoms with Gasteiger partial charge in [-0.05, 0) is 31.5 Å². The van der Waals surface area contributed by atoms with Gasteiger partial charge in [0.05, 0.1) is 19.1 Å². The second kappa shape index (κ2) is 6.99. The molecule has 0 aromatic heterocycles. The Labute approximate surface area is 139 Å². The van der Waals surface area contributed by atoms with Gasteiger partial charge in [-0.3, -0.25) is 14.9 Å². The van der Waals surface area contributed by atoms with Crippen LogP contribution in [0.15, 0.2) is 30.3 Å². The van der Waals surface area contributed by atoms with E-state index in [2.05, 4.69) is 5.32 Å². The third-order valence-electron chi connectivity index (χ3n) is 3.73. The molecule has 0 spiro atoms. The van der Waals surface area contributed by atoms with Gasteiger partial charge in [-0.1, -0.05) is 6.07 Å². The van der Waals surface area contributed by atoms with Crippen LogP contribution in [0.3, 0.4) is 0 Å². The summed E-state index contributed by atoms with van der Waals surface area (Å²) in [5.74, 6) is 0.611. The fraction of sp³-hybridized carbons (Fsp3) is 0.235. The molecule has 2 aromatic carbocycles. The molecule has 126 valence electrons. The molecule has 0 bridgehead atoms. The van der Waals surface area contributed by atoms with Gasteiger partial charge in [0.25, 0.3) is 11.6 Å². The summed E-state index contributed by atoms with van der Waals surface area (Å²) in [7, 11) is 3.03. The number of methoxy groups -OCH3 is 2. The quantitative estimate of drug-likeness (QED) is 0.669. The van der Waals surface area contributed by atoms with Crippen molar-refractivity contribution in [2.45, 2.75) is 13.8 Å². The number of rotatable bonds is 5. The maximum absolute atomic E-state index is 12.5. The van der Waals surface area contributed by atoms with Crippen LogP contribution < -0.4 is 14.8 Å². The summed E-state index contributed by atoms with van der Waals surface area (Å²) < 4.78 is 10.4. The molecule has 1 amide bonds. The van der Waals surface area contributed by atoms with Crippen LogP contribution in [0.5, 0.6) is 11.5 Å². The normalized spacial score (nSPS) is 10.2.